The fourth-order valence-corrected chi connectivity index (χ4v) is 4.54. The number of halogens is 3. The Labute approximate surface area is 178 Å². The molecule has 166 valence electrons. The van der Waals surface area contributed by atoms with Gasteiger partial charge < -0.3 is 4.90 Å². The van der Waals surface area contributed by atoms with E-state index in [1.54, 1.807) is 18.2 Å². The van der Waals surface area contributed by atoms with Crippen molar-refractivity contribution in [1.29, 1.82) is 0 Å². The second-order valence-corrected chi connectivity index (χ2v) is 9.83. The molecule has 31 heavy (non-hydrogen) atoms. The smallest absolute Gasteiger partial charge is 0.339 e. The van der Waals surface area contributed by atoms with Gasteiger partial charge >= 0.3 is 6.18 Å². The average Bonchev–Trinajstić information content (AvgIpc) is 2.71. The molecule has 5 nitrogen and oxygen atoms in total. The summed E-state index contributed by atoms with van der Waals surface area (Å²) in [6.07, 6.45) is -2.78. The van der Waals surface area contributed by atoms with E-state index in [0.29, 0.717) is 12.8 Å². The van der Waals surface area contributed by atoms with Crippen molar-refractivity contribution in [3.8, 4) is 0 Å². The van der Waals surface area contributed by atoms with Gasteiger partial charge in [-0.25, -0.2) is 8.42 Å². The summed E-state index contributed by atoms with van der Waals surface area (Å²) in [5, 5.41) is 0. The topological polar surface area (TPSA) is 71.5 Å². The van der Waals surface area contributed by atoms with Gasteiger partial charge in [-0.15, -0.1) is 0 Å². The Morgan fingerprint density at radius 3 is 2.10 bits per heavy atom. The lowest BCUT2D eigenvalue weighted by atomic mass is 9.86. The van der Waals surface area contributed by atoms with Gasteiger partial charge in [-0.3, -0.25) is 9.59 Å². The molecule has 0 radical (unpaired) electrons. The summed E-state index contributed by atoms with van der Waals surface area (Å²) in [5.41, 5.74) is -0.296. The highest BCUT2D eigenvalue weighted by Gasteiger charge is 2.36. The van der Waals surface area contributed by atoms with Crippen LogP contribution in [0, 0.1) is 0 Å². The number of hydrogen-bond donors (Lipinski definition) is 0. The van der Waals surface area contributed by atoms with Crippen LogP contribution in [0.1, 0.15) is 50.6 Å². The number of rotatable bonds is 5. The molecule has 0 atom stereocenters. The first-order valence-corrected chi connectivity index (χ1v) is 11.8. The SMILES string of the molecule is CS(=O)(=O)CC(=O)c1ccccc1C(=O)N1CCC(c2ccccc2C(F)(F)F)CC1. The van der Waals surface area contributed by atoms with E-state index < -0.39 is 39.0 Å². The van der Waals surface area contributed by atoms with E-state index >= 15 is 0 Å². The number of benzene rings is 2. The number of alkyl halides is 3. The van der Waals surface area contributed by atoms with E-state index in [0.717, 1.165) is 12.3 Å². The maximum atomic E-state index is 13.3. The van der Waals surface area contributed by atoms with Crippen molar-refractivity contribution in [2.45, 2.75) is 24.9 Å². The van der Waals surface area contributed by atoms with E-state index in [1.807, 2.05) is 0 Å². The highest BCUT2D eigenvalue weighted by molar-refractivity contribution is 7.91. The van der Waals surface area contributed by atoms with E-state index in [9.17, 15) is 31.2 Å². The maximum Gasteiger partial charge on any atom is 0.416 e. The zero-order chi connectivity index (χ0) is 22.8. The second-order valence-electron chi connectivity index (χ2n) is 7.69. The minimum Gasteiger partial charge on any atom is -0.339 e. The predicted octanol–water partition coefficient (Wildman–Crippen LogP) is 3.95. The van der Waals surface area contributed by atoms with Gasteiger partial charge in [0.15, 0.2) is 15.6 Å². The standard InChI is InChI=1S/C22H22F3NO4S/c1-31(29,30)14-20(27)17-7-2-3-8-18(17)21(28)26-12-10-15(11-13-26)16-6-4-5-9-19(16)22(23,24)25/h2-9,15H,10-14H2,1H3. The third-order valence-corrected chi connectivity index (χ3v) is 6.13. The summed E-state index contributed by atoms with van der Waals surface area (Å²) >= 11 is 0. The number of nitrogens with zero attached hydrogens (tertiary/aromatic N) is 1. The summed E-state index contributed by atoms with van der Waals surface area (Å²) in [5.74, 6) is -2.13. The van der Waals surface area contributed by atoms with Crippen LogP contribution >= 0.6 is 0 Å². The first-order chi connectivity index (χ1) is 14.5. The Balaban J connectivity index is 1.76. The Bertz CT molecular complexity index is 1090. The lowest BCUT2D eigenvalue weighted by Crippen LogP contribution is -2.39. The molecule has 9 heteroatoms. The summed E-state index contributed by atoms with van der Waals surface area (Å²) in [7, 11) is -3.56. The molecule has 1 heterocycles. The molecule has 0 bridgehead atoms. The Hall–Kier alpha value is -2.68. The van der Waals surface area contributed by atoms with E-state index in [2.05, 4.69) is 0 Å². The number of amides is 1. The fourth-order valence-electron chi connectivity index (χ4n) is 3.90. The van der Waals surface area contributed by atoms with E-state index in [4.69, 9.17) is 0 Å². The van der Waals surface area contributed by atoms with Gasteiger partial charge in [0.1, 0.15) is 5.75 Å². The summed E-state index contributed by atoms with van der Waals surface area (Å²) in [6, 6.07) is 11.5. The van der Waals surface area contributed by atoms with Gasteiger partial charge in [0.25, 0.3) is 5.91 Å². The number of piperidine rings is 1. The molecule has 2 aromatic carbocycles. The number of likely N-dealkylation sites (tertiary alicyclic amines) is 1. The van der Waals surface area contributed by atoms with Crippen LogP contribution in [0.25, 0.3) is 0 Å². The molecular formula is C22H22F3NO4S. The Morgan fingerprint density at radius 1 is 0.968 bits per heavy atom. The molecule has 0 N–H and O–H groups in total. The second kappa shape index (κ2) is 8.82. The number of carbonyl (C=O) groups excluding carboxylic acids is 2. The van der Waals surface area contributed by atoms with Crippen LogP contribution in [-0.4, -0.2) is 50.1 Å². The quantitative estimate of drug-likeness (QED) is 0.643. The van der Waals surface area contributed by atoms with Gasteiger partial charge in [0.05, 0.1) is 11.1 Å². The van der Waals surface area contributed by atoms with Crippen LogP contribution < -0.4 is 0 Å². The lowest BCUT2D eigenvalue weighted by molar-refractivity contribution is -0.138. The van der Waals surface area contributed by atoms with Crippen molar-refractivity contribution in [2.75, 3.05) is 25.1 Å². The minimum absolute atomic E-state index is 0.0301. The van der Waals surface area contributed by atoms with Gasteiger partial charge in [0, 0.05) is 24.9 Å². The fraction of sp³-hybridized carbons (Fsp3) is 0.364. The monoisotopic (exact) mass is 453 g/mol. The molecule has 3 rings (SSSR count). The molecule has 1 aliphatic rings. The summed E-state index contributed by atoms with van der Waals surface area (Å²) in [6.45, 7) is 0.481. The normalized spacial score (nSPS) is 15.7. The molecular weight excluding hydrogens is 431 g/mol. The molecule has 1 fully saturated rings. The highest BCUT2D eigenvalue weighted by atomic mass is 32.2. The number of ketones is 1. The maximum absolute atomic E-state index is 13.3. The number of carbonyl (C=O) groups is 2. The molecule has 1 aliphatic heterocycles. The van der Waals surface area contributed by atoms with Crippen LogP contribution in [0.3, 0.4) is 0 Å². The molecule has 0 spiro atoms. The van der Waals surface area contributed by atoms with Crippen molar-refractivity contribution in [3.63, 3.8) is 0 Å². The molecule has 0 aromatic heterocycles. The summed E-state index contributed by atoms with van der Waals surface area (Å²) in [4.78, 5) is 26.9. The molecule has 1 amide bonds. The van der Waals surface area contributed by atoms with Crippen molar-refractivity contribution in [1.82, 2.24) is 4.90 Å². The largest absolute Gasteiger partial charge is 0.416 e. The Morgan fingerprint density at radius 2 is 1.52 bits per heavy atom. The molecule has 0 saturated carbocycles. The minimum atomic E-state index is -4.44. The molecule has 0 aliphatic carbocycles. The van der Waals surface area contributed by atoms with Crippen LogP contribution in [0.2, 0.25) is 0 Å². The van der Waals surface area contributed by atoms with E-state index in [1.165, 1.54) is 29.2 Å². The van der Waals surface area contributed by atoms with Crippen LogP contribution in [0.4, 0.5) is 13.2 Å². The van der Waals surface area contributed by atoms with Gasteiger partial charge in [-0.1, -0.05) is 36.4 Å². The van der Waals surface area contributed by atoms with Crippen molar-refractivity contribution in [2.24, 2.45) is 0 Å². The predicted molar refractivity (Wildman–Crippen MR) is 110 cm³/mol. The molecule has 2 aromatic rings. The highest BCUT2D eigenvalue weighted by Crippen LogP contribution is 2.38. The van der Waals surface area contributed by atoms with Gasteiger partial charge in [-0.05, 0) is 36.5 Å². The van der Waals surface area contributed by atoms with Crippen LogP contribution in [0.15, 0.2) is 48.5 Å². The van der Waals surface area contributed by atoms with Gasteiger partial charge in [-0.2, -0.15) is 13.2 Å². The Kier molecular flexibility index (Phi) is 6.54. The van der Waals surface area contributed by atoms with E-state index in [-0.39, 0.29) is 35.7 Å². The lowest BCUT2D eigenvalue weighted by Gasteiger charge is -2.33. The first kappa shape index (κ1) is 23.0. The molecule has 1 saturated heterocycles. The number of hydrogen-bond acceptors (Lipinski definition) is 4. The molecule has 0 unspecified atom stereocenters. The summed E-state index contributed by atoms with van der Waals surface area (Å²) < 4.78 is 62.9. The third kappa shape index (κ3) is 5.52. The zero-order valence-corrected chi connectivity index (χ0v) is 17.7. The van der Waals surface area contributed by atoms with Crippen molar-refractivity contribution >= 4 is 21.5 Å². The van der Waals surface area contributed by atoms with Crippen LogP contribution in [-0.2, 0) is 16.0 Å². The van der Waals surface area contributed by atoms with Crippen molar-refractivity contribution in [3.05, 3.63) is 70.8 Å². The average molecular weight is 453 g/mol. The zero-order valence-electron chi connectivity index (χ0n) is 16.9. The number of sulfone groups is 1. The van der Waals surface area contributed by atoms with Gasteiger partial charge in [0.2, 0.25) is 0 Å². The number of Topliss-reactive ketones (excluding diaryl/α,β-unsaturated/α-hetero) is 1. The third-order valence-electron chi connectivity index (χ3n) is 5.34. The first-order valence-electron chi connectivity index (χ1n) is 9.72. The van der Waals surface area contributed by atoms with Crippen LogP contribution in [0.5, 0.6) is 0 Å². The van der Waals surface area contributed by atoms with Crippen molar-refractivity contribution < 1.29 is 31.2 Å².